The summed E-state index contributed by atoms with van der Waals surface area (Å²) in [6.45, 7) is 0.744. The van der Waals surface area contributed by atoms with Crippen molar-refractivity contribution in [2.75, 3.05) is 16.8 Å². The summed E-state index contributed by atoms with van der Waals surface area (Å²) in [7, 11) is 0. The highest BCUT2D eigenvalue weighted by atomic mass is 16.2. The summed E-state index contributed by atoms with van der Waals surface area (Å²) in [6.07, 6.45) is 2.36. The molecule has 0 unspecified atom stereocenters. The van der Waals surface area contributed by atoms with Crippen molar-refractivity contribution >= 4 is 35.6 Å². The van der Waals surface area contributed by atoms with Gasteiger partial charge in [0.2, 0.25) is 18.2 Å². The molecule has 1 atom stereocenters. The number of hydrogen-bond acceptors (Lipinski definition) is 5. The van der Waals surface area contributed by atoms with Gasteiger partial charge in [-0.15, -0.1) is 0 Å². The van der Waals surface area contributed by atoms with E-state index in [9.17, 15) is 19.2 Å². The maximum Gasteiger partial charge on any atom is 0.328 e. The summed E-state index contributed by atoms with van der Waals surface area (Å²) in [5, 5.41) is 7.07. The summed E-state index contributed by atoms with van der Waals surface area (Å²) >= 11 is 0. The fraction of sp³-hybridized carbons (Fsp3) is 0.375. The molecule has 5 amide bonds. The highest BCUT2D eigenvalue weighted by Gasteiger charge is 2.60. The van der Waals surface area contributed by atoms with Gasteiger partial charge in [-0.2, -0.15) is 0 Å². The van der Waals surface area contributed by atoms with Crippen molar-refractivity contribution in [2.45, 2.75) is 25.3 Å². The third-order valence-electron chi connectivity index (χ3n) is 5.17. The van der Waals surface area contributed by atoms with Gasteiger partial charge in [-0.25, -0.2) is 4.79 Å². The zero-order chi connectivity index (χ0) is 16.9. The zero-order valence-electron chi connectivity index (χ0n) is 12.8. The van der Waals surface area contributed by atoms with Gasteiger partial charge < -0.3 is 10.2 Å². The second-order valence-corrected chi connectivity index (χ2v) is 6.34. The monoisotopic (exact) mass is 328 g/mol. The molecule has 24 heavy (non-hydrogen) atoms. The molecule has 8 nitrogen and oxygen atoms in total. The Balaban J connectivity index is 1.84. The number of benzene rings is 1. The summed E-state index contributed by atoms with van der Waals surface area (Å²) in [5.41, 5.74) is 1.05. The first-order valence-corrected chi connectivity index (χ1v) is 7.83. The van der Waals surface area contributed by atoms with E-state index in [2.05, 4.69) is 20.9 Å². The number of anilines is 2. The van der Waals surface area contributed by atoms with Gasteiger partial charge >= 0.3 is 6.03 Å². The third kappa shape index (κ3) is 1.85. The van der Waals surface area contributed by atoms with Crippen molar-refractivity contribution < 1.29 is 19.2 Å². The molecule has 3 aliphatic rings. The number of imide groups is 2. The number of hydrogen-bond donors (Lipinski definition) is 3. The molecule has 2 fully saturated rings. The van der Waals surface area contributed by atoms with Crippen molar-refractivity contribution in [1.82, 2.24) is 10.6 Å². The molecule has 3 heterocycles. The molecule has 0 saturated carbocycles. The van der Waals surface area contributed by atoms with E-state index >= 15 is 0 Å². The van der Waals surface area contributed by atoms with Crippen LogP contribution >= 0.6 is 0 Å². The quantitative estimate of drug-likeness (QED) is 0.528. The first kappa shape index (κ1) is 14.7. The van der Waals surface area contributed by atoms with Gasteiger partial charge in [-0.1, -0.05) is 0 Å². The Morgan fingerprint density at radius 2 is 1.96 bits per heavy atom. The van der Waals surface area contributed by atoms with Crippen molar-refractivity contribution in [3.05, 3.63) is 23.8 Å². The molecule has 2 saturated heterocycles. The molecule has 1 spiro atoms. The molecule has 4 rings (SSSR count). The van der Waals surface area contributed by atoms with E-state index in [0.717, 1.165) is 24.2 Å². The van der Waals surface area contributed by atoms with Crippen LogP contribution in [0.5, 0.6) is 0 Å². The van der Waals surface area contributed by atoms with Crippen LogP contribution in [-0.2, 0) is 20.8 Å². The summed E-state index contributed by atoms with van der Waals surface area (Å²) in [4.78, 5) is 49.5. The number of fused-ring (bicyclic) bond motifs is 4. The summed E-state index contributed by atoms with van der Waals surface area (Å²) in [5.74, 6) is -1.10. The number of rotatable bonds is 2. The maximum atomic E-state index is 12.7. The minimum absolute atomic E-state index is 0.197. The summed E-state index contributed by atoms with van der Waals surface area (Å²) in [6, 6.07) is 4.42. The predicted octanol–water partition coefficient (Wildman–Crippen LogP) is 0.132. The van der Waals surface area contributed by atoms with Crippen LogP contribution in [0.3, 0.4) is 0 Å². The normalized spacial score (nSPS) is 24.1. The van der Waals surface area contributed by atoms with E-state index in [1.165, 1.54) is 0 Å². The Kier molecular flexibility index (Phi) is 3.09. The standard InChI is InChI=1S/C16H16N4O4/c21-8-17-10-3-4-11-9(6-10)7-16(12-2-1-5-20(11)12)13(22)18-15(24)19-14(16)23/h3-4,6,8,12H,1-2,5,7H2,(H,17,21)(H2,18,19,22,23,24)/t12-/m1/s1. The lowest BCUT2D eigenvalue weighted by molar-refractivity contribution is -0.146. The second-order valence-electron chi connectivity index (χ2n) is 6.34. The fourth-order valence-corrected chi connectivity index (χ4v) is 4.18. The number of amides is 5. The van der Waals surface area contributed by atoms with Crippen LogP contribution in [0, 0.1) is 5.41 Å². The molecule has 0 aromatic heterocycles. The number of barbiturate groups is 1. The first-order chi connectivity index (χ1) is 11.6. The van der Waals surface area contributed by atoms with Crippen LogP contribution in [0.25, 0.3) is 0 Å². The lowest BCUT2D eigenvalue weighted by Crippen LogP contribution is -2.70. The van der Waals surface area contributed by atoms with Gasteiger partial charge in [0.25, 0.3) is 0 Å². The average Bonchev–Trinajstić information content (AvgIpc) is 3.02. The third-order valence-corrected chi connectivity index (χ3v) is 5.17. The van der Waals surface area contributed by atoms with Gasteiger partial charge in [-0.05, 0) is 43.0 Å². The maximum absolute atomic E-state index is 12.7. The Labute approximate surface area is 137 Å². The van der Waals surface area contributed by atoms with Crippen LogP contribution in [0.4, 0.5) is 16.2 Å². The van der Waals surface area contributed by atoms with Crippen LogP contribution < -0.4 is 20.9 Å². The number of nitrogens with zero attached hydrogens (tertiary/aromatic N) is 1. The van der Waals surface area contributed by atoms with Gasteiger partial charge in [0.1, 0.15) is 0 Å². The number of carbonyl (C=O) groups is 4. The Morgan fingerprint density at radius 3 is 2.67 bits per heavy atom. The van der Waals surface area contributed by atoms with Crippen LogP contribution in [-0.4, -0.2) is 36.8 Å². The van der Waals surface area contributed by atoms with Gasteiger partial charge in [0, 0.05) is 17.9 Å². The molecular formula is C16H16N4O4. The number of nitrogens with one attached hydrogen (secondary N) is 3. The molecule has 3 N–H and O–H groups in total. The van der Waals surface area contributed by atoms with Gasteiger partial charge in [0.05, 0.1) is 6.04 Å². The molecule has 8 heteroatoms. The lowest BCUT2D eigenvalue weighted by atomic mass is 9.69. The van der Waals surface area contributed by atoms with Crippen LogP contribution in [0.15, 0.2) is 18.2 Å². The first-order valence-electron chi connectivity index (χ1n) is 7.83. The molecule has 124 valence electrons. The molecule has 0 bridgehead atoms. The molecule has 0 aliphatic carbocycles. The second kappa shape index (κ2) is 5.05. The number of urea groups is 1. The van der Waals surface area contributed by atoms with Crippen LogP contribution in [0.2, 0.25) is 0 Å². The molecule has 0 radical (unpaired) electrons. The number of carbonyl (C=O) groups excluding carboxylic acids is 4. The van der Waals surface area contributed by atoms with E-state index in [-0.39, 0.29) is 12.5 Å². The Hall–Kier alpha value is -2.90. The van der Waals surface area contributed by atoms with Crippen molar-refractivity contribution in [1.29, 1.82) is 0 Å². The Bertz CT molecular complexity index is 755. The minimum atomic E-state index is -1.32. The van der Waals surface area contributed by atoms with Crippen molar-refractivity contribution in [3.63, 3.8) is 0 Å². The SMILES string of the molecule is O=CNc1ccc2c(c1)CC1(C(=O)NC(=O)NC1=O)[C@H]1CCCN21. The molecule has 1 aromatic carbocycles. The van der Waals surface area contributed by atoms with E-state index < -0.39 is 23.3 Å². The van der Waals surface area contributed by atoms with E-state index in [0.29, 0.717) is 18.5 Å². The Morgan fingerprint density at radius 1 is 1.21 bits per heavy atom. The zero-order valence-corrected chi connectivity index (χ0v) is 12.8. The lowest BCUT2D eigenvalue weighted by Gasteiger charge is -2.47. The molecule has 1 aromatic rings. The topological polar surface area (TPSA) is 108 Å². The predicted molar refractivity (Wildman–Crippen MR) is 84.3 cm³/mol. The van der Waals surface area contributed by atoms with E-state index in [4.69, 9.17) is 0 Å². The average molecular weight is 328 g/mol. The minimum Gasteiger partial charge on any atom is -0.367 e. The largest absolute Gasteiger partial charge is 0.367 e. The highest BCUT2D eigenvalue weighted by Crippen LogP contribution is 2.47. The molecule has 3 aliphatic heterocycles. The summed E-state index contributed by atoms with van der Waals surface area (Å²) < 4.78 is 0. The highest BCUT2D eigenvalue weighted by molar-refractivity contribution is 6.20. The van der Waals surface area contributed by atoms with Crippen LogP contribution in [0.1, 0.15) is 18.4 Å². The molecular weight excluding hydrogens is 312 g/mol. The van der Waals surface area contributed by atoms with E-state index in [1.807, 2.05) is 6.07 Å². The van der Waals surface area contributed by atoms with Gasteiger partial charge in [0.15, 0.2) is 5.41 Å². The fourth-order valence-electron chi connectivity index (χ4n) is 4.18. The van der Waals surface area contributed by atoms with Crippen molar-refractivity contribution in [3.8, 4) is 0 Å². The smallest absolute Gasteiger partial charge is 0.328 e. The van der Waals surface area contributed by atoms with Crippen molar-refractivity contribution in [2.24, 2.45) is 5.41 Å². The van der Waals surface area contributed by atoms with E-state index in [1.54, 1.807) is 12.1 Å². The van der Waals surface area contributed by atoms with Gasteiger partial charge in [-0.3, -0.25) is 25.0 Å².